The third kappa shape index (κ3) is 3.42. The monoisotopic (exact) mass is 285 g/mol. The van der Waals surface area contributed by atoms with Gasteiger partial charge in [-0.05, 0) is 50.7 Å². The summed E-state index contributed by atoms with van der Waals surface area (Å²) in [5, 5.41) is 4.60. The molecular formula is C16H21N4O. The van der Waals surface area contributed by atoms with Gasteiger partial charge in [0.2, 0.25) is 0 Å². The van der Waals surface area contributed by atoms with E-state index in [4.69, 9.17) is 4.74 Å². The van der Waals surface area contributed by atoms with E-state index in [-0.39, 0.29) is 0 Å². The number of hydrogen-bond acceptors (Lipinski definition) is 4. The molecule has 0 amide bonds. The van der Waals surface area contributed by atoms with Crippen molar-refractivity contribution in [1.82, 2.24) is 19.7 Å². The molecule has 1 saturated heterocycles. The lowest BCUT2D eigenvalue weighted by Crippen LogP contribution is -2.31. The maximum absolute atomic E-state index is 5.17. The summed E-state index contributed by atoms with van der Waals surface area (Å²) in [4.78, 5) is 6.68. The first-order valence-electron chi connectivity index (χ1n) is 7.39. The minimum Gasteiger partial charge on any atom is -0.497 e. The van der Waals surface area contributed by atoms with E-state index in [1.807, 2.05) is 16.8 Å². The van der Waals surface area contributed by atoms with E-state index < -0.39 is 0 Å². The van der Waals surface area contributed by atoms with Gasteiger partial charge in [0, 0.05) is 6.42 Å². The molecule has 1 aliphatic rings. The van der Waals surface area contributed by atoms with Crippen LogP contribution in [0.5, 0.6) is 5.75 Å². The summed E-state index contributed by atoms with van der Waals surface area (Å²) in [6.45, 7) is 2.23. The zero-order chi connectivity index (χ0) is 14.7. The van der Waals surface area contributed by atoms with E-state index in [0.29, 0.717) is 6.04 Å². The number of hydrogen-bond donors (Lipinski definition) is 0. The molecule has 2 heterocycles. The Morgan fingerprint density at radius 2 is 1.95 bits per heavy atom. The summed E-state index contributed by atoms with van der Waals surface area (Å²) in [5.41, 5.74) is 1.19. The Morgan fingerprint density at radius 3 is 2.62 bits per heavy atom. The van der Waals surface area contributed by atoms with Crippen LogP contribution in [0.25, 0.3) is 0 Å². The summed E-state index contributed by atoms with van der Waals surface area (Å²) < 4.78 is 7.09. The molecule has 1 aromatic carbocycles. The van der Waals surface area contributed by atoms with Crippen LogP contribution in [0.3, 0.4) is 0 Å². The van der Waals surface area contributed by atoms with Gasteiger partial charge in [0.15, 0.2) is 12.2 Å². The molecule has 3 rings (SSSR count). The fourth-order valence-corrected chi connectivity index (χ4v) is 2.68. The number of benzene rings is 1. The summed E-state index contributed by atoms with van der Waals surface area (Å²) in [5.74, 6) is 1.70. The first-order valence-corrected chi connectivity index (χ1v) is 7.39. The number of nitrogens with zero attached hydrogens (tertiary/aromatic N) is 4. The van der Waals surface area contributed by atoms with Crippen molar-refractivity contribution >= 4 is 0 Å². The Labute approximate surface area is 125 Å². The second-order valence-corrected chi connectivity index (χ2v) is 5.63. The maximum atomic E-state index is 5.17. The molecule has 1 fully saturated rings. The molecule has 0 atom stereocenters. The van der Waals surface area contributed by atoms with Crippen LogP contribution in [0.15, 0.2) is 24.3 Å². The summed E-state index contributed by atoms with van der Waals surface area (Å²) in [7, 11) is 3.84. The number of likely N-dealkylation sites (tertiary alicyclic amines) is 1. The molecule has 2 aromatic rings. The molecular weight excluding hydrogens is 264 g/mol. The van der Waals surface area contributed by atoms with Crippen LogP contribution in [0.4, 0.5) is 0 Å². The second kappa shape index (κ2) is 6.26. The third-order valence-corrected chi connectivity index (χ3v) is 4.06. The van der Waals surface area contributed by atoms with E-state index in [2.05, 4.69) is 40.5 Å². The van der Waals surface area contributed by atoms with Crippen molar-refractivity contribution in [3.8, 4) is 5.75 Å². The van der Waals surface area contributed by atoms with Gasteiger partial charge < -0.3 is 9.64 Å². The van der Waals surface area contributed by atoms with Gasteiger partial charge in [-0.3, -0.25) is 0 Å². The molecule has 0 aliphatic carbocycles. The molecule has 111 valence electrons. The van der Waals surface area contributed by atoms with Crippen molar-refractivity contribution in [1.29, 1.82) is 0 Å². The van der Waals surface area contributed by atoms with E-state index in [9.17, 15) is 0 Å². The molecule has 1 aliphatic heterocycles. The highest BCUT2D eigenvalue weighted by atomic mass is 16.5. The lowest BCUT2D eigenvalue weighted by molar-refractivity contribution is 0.211. The highest BCUT2D eigenvalue weighted by molar-refractivity contribution is 5.28. The fraction of sp³-hybridized carbons (Fsp3) is 0.500. The zero-order valence-electron chi connectivity index (χ0n) is 12.6. The van der Waals surface area contributed by atoms with Gasteiger partial charge in [-0.15, -0.1) is 0 Å². The van der Waals surface area contributed by atoms with Crippen LogP contribution in [-0.4, -0.2) is 46.9 Å². The molecule has 5 heteroatoms. The topological polar surface area (TPSA) is 43.2 Å². The number of methoxy groups -OCH3 is 1. The summed E-state index contributed by atoms with van der Waals surface area (Å²) in [6.07, 6.45) is 6.03. The predicted molar refractivity (Wildman–Crippen MR) is 80.4 cm³/mol. The quantitative estimate of drug-likeness (QED) is 0.861. The normalized spacial score (nSPS) is 17.0. The van der Waals surface area contributed by atoms with Gasteiger partial charge in [0.05, 0.1) is 13.2 Å². The minimum atomic E-state index is 0.443. The Hall–Kier alpha value is -1.88. The first-order chi connectivity index (χ1) is 10.2. The minimum absolute atomic E-state index is 0.443. The van der Waals surface area contributed by atoms with E-state index in [1.165, 1.54) is 5.56 Å². The van der Waals surface area contributed by atoms with Gasteiger partial charge >= 0.3 is 0 Å². The zero-order valence-corrected chi connectivity index (χ0v) is 12.6. The van der Waals surface area contributed by atoms with Crippen LogP contribution in [0.2, 0.25) is 0 Å². The number of aromatic nitrogens is 3. The van der Waals surface area contributed by atoms with Crippen molar-refractivity contribution in [3.63, 3.8) is 0 Å². The molecule has 1 aromatic heterocycles. The molecule has 0 saturated carbocycles. The van der Waals surface area contributed by atoms with E-state index in [1.54, 1.807) is 7.11 Å². The van der Waals surface area contributed by atoms with Gasteiger partial charge in [-0.2, -0.15) is 5.10 Å². The number of ether oxygens (including phenoxy) is 1. The second-order valence-electron chi connectivity index (χ2n) is 5.63. The molecule has 0 unspecified atom stereocenters. The highest BCUT2D eigenvalue weighted by Crippen LogP contribution is 2.20. The molecule has 21 heavy (non-hydrogen) atoms. The van der Waals surface area contributed by atoms with Crippen molar-refractivity contribution in [3.05, 3.63) is 42.0 Å². The van der Waals surface area contributed by atoms with Crippen molar-refractivity contribution in [2.45, 2.75) is 25.3 Å². The largest absolute Gasteiger partial charge is 0.497 e. The van der Waals surface area contributed by atoms with Crippen LogP contribution in [0, 0.1) is 6.33 Å². The maximum Gasteiger partial charge on any atom is 0.196 e. The molecule has 0 N–H and O–H groups in total. The van der Waals surface area contributed by atoms with Crippen molar-refractivity contribution < 1.29 is 4.74 Å². The lowest BCUT2D eigenvalue weighted by atomic mass is 10.1. The molecule has 0 bridgehead atoms. The van der Waals surface area contributed by atoms with Gasteiger partial charge in [0.25, 0.3) is 0 Å². The number of piperidine rings is 1. The SMILES string of the molecule is COc1ccc(Cc2n[c]n(C3CCN(C)CC3)n2)cc1. The third-order valence-electron chi connectivity index (χ3n) is 4.06. The van der Waals surface area contributed by atoms with Crippen LogP contribution in [-0.2, 0) is 6.42 Å². The molecule has 0 spiro atoms. The van der Waals surface area contributed by atoms with Crippen molar-refractivity contribution in [2.24, 2.45) is 0 Å². The average Bonchev–Trinajstić information content (AvgIpc) is 2.97. The highest BCUT2D eigenvalue weighted by Gasteiger charge is 2.19. The smallest absolute Gasteiger partial charge is 0.196 e. The Bertz CT molecular complexity index is 570. The lowest BCUT2D eigenvalue weighted by Gasteiger charge is -2.28. The number of rotatable bonds is 4. The van der Waals surface area contributed by atoms with Crippen LogP contribution < -0.4 is 4.74 Å². The molecule has 1 radical (unpaired) electrons. The fourth-order valence-electron chi connectivity index (χ4n) is 2.68. The van der Waals surface area contributed by atoms with Gasteiger partial charge in [-0.1, -0.05) is 12.1 Å². The van der Waals surface area contributed by atoms with E-state index in [0.717, 1.165) is 43.9 Å². The van der Waals surface area contributed by atoms with Crippen LogP contribution >= 0.6 is 0 Å². The van der Waals surface area contributed by atoms with E-state index >= 15 is 0 Å². The molecule has 5 nitrogen and oxygen atoms in total. The van der Waals surface area contributed by atoms with Gasteiger partial charge in [-0.25, -0.2) is 9.67 Å². The Morgan fingerprint density at radius 1 is 1.24 bits per heavy atom. The predicted octanol–water partition coefficient (Wildman–Crippen LogP) is 1.94. The Kier molecular flexibility index (Phi) is 4.20. The summed E-state index contributed by atoms with van der Waals surface area (Å²) >= 11 is 0. The Balaban J connectivity index is 1.64. The standard InChI is InChI=1S/C16H21N4O/c1-19-9-7-14(8-10-19)20-12-17-16(18-20)11-13-3-5-15(21-2)6-4-13/h3-6,14H,7-11H2,1-2H3. The first kappa shape index (κ1) is 14.1. The summed E-state index contributed by atoms with van der Waals surface area (Å²) in [6, 6.07) is 8.47. The average molecular weight is 285 g/mol. The van der Waals surface area contributed by atoms with Crippen molar-refractivity contribution in [2.75, 3.05) is 27.2 Å². The van der Waals surface area contributed by atoms with Gasteiger partial charge in [0.1, 0.15) is 5.75 Å². The van der Waals surface area contributed by atoms with Crippen LogP contribution in [0.1, 0.15) is 30.3 Å².